The van der Waals surface area contributed by atoms with Crippen molar-refractivity contribution < 1.29 is 14.3 Å². The van der Waals surface area contributed by atoms with Crippen molar-refractivity contribution in [2.75, 3.05) is 6.61 Å². The molecule has 0 aliphatic heterocycles. The van der Waals surface area contributed by atoms with E-state index in [4.69, 9.17) is 4.74 Å². The highest BCUT2D eigenvalue weighted by molar-refractivity contribution is 5.83. The zero-order valence-electron chi connectivity index (χ0n) is 14.6. The maximum atomic E-state index is 12.0. The molecule has 0 heterocycles. The van der Waals surface area contributed by atoms with Crippen LogP contribution >= 0.6 is 0 Å². The fraction of sp³-hybridized carbons (Fsp3) is 0.556. The molecule has 0 aromatic heterocycles. The molecule has 0 saturated heterocycles. The van der Waals surface area contributed by atoms with Gasteiger partial charge in [-0.2, -0.15) is 0 Å². The minimum atomic E-state index is -0.372. The Morgan fingerprint density at radius 2 is 1.74 bits per heavy atom. The second-order valence-electron chi connectivity index (χ2n) is 5.90. The van der Waals surface area contributed by atoms with E-state index in [1.807, 2.05) is 39.0 Å². The van der Waals surface area contributed by atoms with Crippen molar-refractivity contribution in [1.29, 1.82) is 0 Å². The zero-order chi connectivity index (χ0) is 17.2. The predicted octanol–water partition coefficient (Wildman–Crippen LogP) is 3.05. The van der Waals surface area contributed by atoms with Gasteiger partial charge in [-0.05, 0) is 49.9 Å². The van der Waals surface area contributed by atoms with Crippen LogP contribution in [0.4, 0.5) is 0 Å². The van der Waals surface area contributed by atoms with Crippen molar-refractivity contribution in [3.63, 3.8) is 0 Å². The second-order valence-corrected chi connectivity index (χ2v) is 5.90. The Labute approximate surface area is 138 Å². The average molecular weight is 320 g/mol. The normalized spacial score (nSPS) is 11.7. The summed E-state index contributed by atoms with van der Waals surface area (Å²) in [6.45, 7) is 7.89. The van der Waals surface area contributed by atoms with E-state index in [9.17, 15) is 9.59 Å². The molecule has 1 aromatic carbocycles. The average Bonchev–Trinajstić information content (AvgIpc) is 2.50. The van der Waals surface area contributed by atoms with Gasteiger partial charge in [-0.25, -0.2) is 0 Å². The molecular weight excluding hydrogens is 292 g/mol. The van der Waals surface area contributed by atoms with Crippen molar-refractivity contribution >= 4 is 11.8 Å². The number of hydrazine groups is 1. The van der Waals surface area contributed by atoms with E-state index < -0.39 is 0 Å². The maximum absolute atomic E-state index is 12.0. The highest BCUT2D eigenvalue weighted by Crippen LogP contribution is 2.16. The number of hydrogen-bond donors (Lipinski definition) is 2. The Hall–Kier alpha value is -2.04. The Morgan fingerprint density at radius 3 is 2.30 bits per heavy atom. The van der Waals surface area contributed by atoms with E-state index in [0.717, 1.165) is 36.8 Å². The number of hydrogen-bond acceptors (Lipinski definition) is 3. The molecular formula is C18H28N2O3. The van der Waals surface area contributed by atoms with Gasteiger partial charge < -0.3 is 4.74 Å². The SMILES string of the molecule is CCCCC(CC)C(=O)NNC(=O)COc1cc(C)cc(C)c1. The third-order valence-electron chi connectivity index (χ3n) is 3.66. The van der Waals surface area contributed by atoms with Crippen molar-refractivity contribution in [1.82, 2.24) is 10.9 Å². The molecule has 2 amide bonds. The Kier molecular flexibility index (Phi) is 8.16. The molecule has 128 valence electrons. The summed E-state index contributed by atoms with van der Waals surface area (Å²) in [5.74, 6) is 0.0810. The van der Waals surface area contributed by atoms with Crippen LogP contribution in [-0.4, -0.2) is 18.4 Å². The summed E-state index contributed by atoms with van der Waals surface area (Å²) in [5, 5.41) is 0. The monoisotopic (exact) mass is 320 g/mol. The molecule has 1 unspecified atom stereocenters. The molecule has 23 heavy (non-hydrogen) atoms. The lowest BCUT2D eigenvalue weighted by Crippen LogP contribution is -2.46. The van der Waals surface area contributed by atoms with Crippen LogP contribution in [0.25, 0.3) is 0 Å². The molecule has 1 rings (SSSR count). The van der Waals surface area contributed by atoms with Gasteiger partial charge in [0.25, 0.3) is 5.91 Å². The molecule has 0 saturated carbocycles. The quantitative estimate of drug-likeness (QED) is 0.723. The second kappa shape index (κ2) is 9.87. The summed E-state index contributed by atoms with van der Waals surface area (Å²) in [5.41, 5.74) is 7.05. The number of nitrogens with one attached hydrogen (secondary N) is 2. The lowest BCUT2D eigenvalue weighted by Gasteiger charge is -2.15. The summed E-state index contributed by atoms with van der Waals surface area (Å²) < 4.78 is 5.45. The molecule has 1 aromatic rings. The van der Waals surface area contributed by atoms with E-state index in [1.54, 1.807) is 0 Å². The van der Waals surface area contributed by atoms with Crippen LogP contribution in [0.1, 0.15) is 50.7 Å². The molecule has 0 fully saturated rings. The van der Waals surface area contributed by atoms with Crippen LogP contribution in [-0.2, 0) is 9.59 Å². The Bertz CT molecular complexity index is 509. The van der Waals surface area contributed by atoms with Gasteiger partial charge in [-0.3, -0.25) is 20.4 Å². The number of rotatable bonds is 8. The molecule has 5 heteroatoms. The summed E-state index contributed by atoms with van der Waals surface area (Å²) in [6.07, 6.45) is 3.67. The lowest BCUT2D eigenvalue weighted by atomic mass is 9.99. The zero-order valence-corrected chi connectivity index (χ0v) is 14.6. The van der Waals surface area contributed by atoms with Gasteiger partial charge in [0, 0.05) is 5.92 Å². The summed E-state index contributed by atoms with van der Waals surface area (Å²) in [6, 6.07) is 5.78. The largest absolute Gasteiger partial charge is 0.484 e. The van der Waals surface area contributed by atoms with Crippen LogP contribution in [0.15, 0.2) is 18.2 Å². The van der Waals surface area contributed by atoms with E-state index in [-0.39, 0.29) is 24.3 Å². The first-order valence-corrected chi connectivity index (χ1v) is 8.26. The number of carbonyl (C=O) groups is 2. The van der Waals surface area contributed by atoms with Crippen molar-refractivity contribution in [2.45, 2.75) is 53.4 Å². The van der Waals surface area contributed by atoms with Gasteiger partial charge in [0.05, 0.1) is 0 Å². The molecule has 1 atom stereocenters. The van der Waals surface area contributed by atoms with Crippen LogP contribution in [0, 0.1) is 19.8 Å². The maximum Gasteiger partial charge on any atom is 0.276 e. The Morgan fingerprint density at radius 1 is 1.09 bits per heavy atom. The van der Waals surface area contributed by atoms with Crippen molar-refractivity contribution in [3.8, 4) is 5.75 Å². The number of benzene rings is 1. The van der Waals surface area contributed by atoms with Crippen LogP contribution in [0.5, 0.6) is 5.75 Å². The summed E-state index contributed by atoms with van der Waals surface area (Å²) >= 11 is 0. The minimum Gasteiger partial charge on any atom is -0.484 e. The summed E-state index contributed by atoms with van der Waals surface area (Å²) in [4.78, 5) is 23.7. The standard InChI is InChI=1S/C18H28N2O3/c1-5-7-8-15(6-2)18(22)20-19-17(21)12-23-16-10-13(3)9-14(4)11-16/h9-11,15H,5-8,12H2,1-4H3,(H,19,21)(H,20,22). The third-order valence-corrected chi connectivity index (χ3v) is 3.66. The number of ether oxygens (including phenoxy) is 1. The predicted molar refractivity (Wildman–Crippen MR) is 91.0 cm³/mol. The molecule has 0 spiro atoms. The fourth-order valence-corrected chi connectivity index (χ4v) is 2.41. The number of amides is 2. The van der Waals surface area contributed by atoms with Crippen molar-refractivity contribution in [3.05, 3.63) is 29.3 Å². The van der Waals surface area contributed by atoms with Gasteiger partial charge >= 0.3 is 0 Å². The molecule has 0 bridgehead atoms. The van der Waals surface area contributed by atoms with Gasteiger partial charge in [-0.1, -0.05) is 32.8 Å². The third kappa shape index (κ3) is 7.17. The number of carbonyl (C=O) groups excluding carboxylic acids is 2. The fourth-order valence-electron chi connectivity index (χ4n) is 2.41. The van der Waals surface area contributed by atoms with E-state index in [2.05, 4.69) is 17.8 Å². The minimum absolute atomic E-state index is 0.0596. The Balaban J connectivity index is 2.37. The van der Waals surface area contributed by atoms with Crippen molar-refractivity contribution in [2.24, 2.45) is 5.92 Å². The van der Waals surface area contributed by atoms with Gasteiger partial charge in [0.2, 0.25) is 5.91 Å². The topological polar surface area (TPSA) is 67.4 Å². The first-order chi connectivity index (χ1) is 11.0. The van der Waals surface area contributed by atoms with Crippen LogP contribution in [0.3, 0.4) is 0 Å². The van der Waals surface area contributed by atoms with Crippen LogP contribution < -0.4 is 15.6 Å². The number of aryl methyl sites for hydroxylation is 2. The first kappa shape index (κ1) is 19.0. The van der Waals surface area contributed by atoms with Gasteiger partial charge in [0.15, 0.2) is 6.61 Å². The number of unbranched alkanes of at least 4 members (excludes halogenated alkanes) is 1. The highest BCUT2D eigenvalue weighted by Gasteiger charge is 2.16. The summed E-state index contributed by atoms with van der Waals surface area (Å²) in [7, 11) is 0. The van der Waals surface area contributed by atoms with Gasteiger partial charge in [-0.15, -0.1) is 0 Å². The molecule has 0 aliphatic rings. The molecule has 0 aliphatic carbocycles. The molecule has 5 nitrogen and oxygen atoms in total. The molecule has 2 N–H and O–H groups in total. The first-order valence-electron chi connectivity index (χ1n) is 8.26. The van der Waals surface area contributed by atoms with Gasteiger partial charge in [0.1, 0.15) is 5.75 Å². The van der Waals surface area contributed by atoms with E-state index in [1.165, 1.54) is 0 Å². The van der Waals surface area contributed by atoms with E-state index >= 15 is 0 Å². The smallest absolute Gasteiger partial charge is 0.276 e. The molecule has 0 radical (unpaired) electrons. The van der Waals surface area contributed by atoms with Crippen LogP contribution in [0.2, 0.25) is 0 Å². The van der Waals surface area contributed by atoms with E-state index in [0.29, 0.717) is 5.75 Å². The highest BCUT2D eigenvalue weighted by atomic mass is 16.5. The lowest BCUT2D eigenvalue weighted by molar-refractivity contribution is -0.132.